The normalized spacial score (nSPS) is 16.8. The van der Waals surface area contributed by atoms with Gasteiger partial charge in [0.15, 0.2) is 5.82 Å². The fourth-order valence-electron chi connectivity index (χ4n) is 2.71. The van der Waals surface area contributed by atoms with Crippen molar-refractivity contribution in [3.8, 4) is 0 Å². The lowest BCUT2D eigenvalue weighted by molar-refractivity contribution is 0.512. The molecule has 3 rings (SSSR count). The zero-order valence-electron chi connectivity index (χ0n) is 12.6. The monoisotopic (exact) mass is 319 g/mol. The molecule has 0 saturated heterocycles. The zero-order valence-corrected chi connectivity index (χ0v) is 13.4. The second kappa shape index (κ2) is 4.88. The largest absolute Gasteiger partial charge is 0.506 e. The van der Waals surface area contributed by atoms with Crippen LogP contribution in [0.2, 0.25) is 0 Å². The third kappa shape index (κ3) is 1.93. The van der Waals surface area contributed by atoms with Crippen LogP contribution < -0.4 is 4.31 Å². The van der Waals surface area contributed by atoms with Crippen molar-refractivity contribution in [2.45, 2.75) is 13.8 Å². The van der Waals surface area contributed by atoms with Gasteiger partial charge in [0.25, 0.3) is 10.0 Å². The van der Waals surface area contributed by atoms with E-state index >= 15 is 0 Å². The van der Waals surface area contributed by atoms with Crippen molar-refractivity contribution in [1.29, 1.82) is 0 Å². The molecule has 6 nitrogen and oxygen atoms in total. The van der Waals surface area contributed by atoms with Gasteiger partial charge in [-0.2, -0.15) is 5.10 Å². The summed E-state index contributed by atoms with van der Waals surface area (Å²) in [7, 11) is -2.16. The molecule has 0 radical (unpaired) electrons. The lowest BCUT2D eigenvalue weighted by Crippen LogP contribution is -2.35. The number of fused-ring (bicyclic) bond motifs is 1. The number of nitrogens with zero attached hydrogens (tertiary/aromatic N) is 3. The molecule has 0 atom stereocenters. The van der Waals surface area contributed by atoms with Crippen molar-refractivity contribution < 1.29 is 13.5 Å². The second-order valence-electron chi connectivity index (χ2n) is 5.20. The predicted molar refractivity (Wildman–Crippen MR) is 85.8 cm³/mol. The second-order valence-corrected chi connectivity index (χ2v) is 7.00. The fourth-order valence-corrected chi connectivity index (χ4v) is 4.49. The molecule has 2 heterocycles. The number of hydrogen-bond donors (Lipinski definition) is 1. The summed E-state index contributed by atoms with van der Waals surface area (Å²) in [4.78, 5) is -0.0621. The Morgan fingerprint density at radius 1 is 1.23 bits per heavy atom. The van der Waals surface area contributed by atoms with Crippen LogP contribution in [-0.4, -0.2) is 29.8 Å². The number of rotatable bonds is 2. The highest BCUT2D eigenvalue weighted by molar-refractivity contribution is 8.02. The van der Waals surface area contributed by atoms with Gasteiger partial charge in [0, 0.05) is 25.4 Å². The van der Waals surface area contributed by atoms with E-state index in [1.54, 1.807) is 32.3 Å². The summed E-state index contributed by atoms with van der Waals surface area (Å²) in [5.74, 6) is 0.0157. The summed E-state index contributed by atoms with van der Waals surface area (Å²) in [6.07, 6.45) is 1.63. The molecular formula is C15H17N3O3S. The summed E-state index contributed by atoms with van der Waals surface area (Å²) < 4.78 is 28.6. The molecule has 1 aromatic carbocycles. The van der Waals surface area contributed by atoms with E-state index in [1.165, 1.54) is 8.99 Å². The molecule has 0 spiro atoms. The summed E-state index contributed by atoms with van der Waals surface area (Å²) in [6, 6.07) is 7.11. The maximum absolute atomic E-state index is 12.9. The summed E-state index contributed by atoms with van der Waals surface area (Å²) in [6.45, 7) is 3.81. The zero-order chi connectivity index (χ0) is 16.1. The first-order valence-corrected chi connectivity index (χ1v) is 8.38. The van der Waals surface area contributed by atoms with Crippen LogP contribution in [0.15, 0.2) is 30.5 Å². The highest BCUT2D eigenvalue weighted by Gasteiger charge is 2.39. The number of aliphatic hydroxyl groups is 1. The molecule has 2 aromatic rings. The van der Waals surface area contributed by atoms with Crippen LogP contribution in [-0.2, 0) is 17.1 Å². The van der Waals surface area contributed by atoms with Crippen molar-refractivity contribution in [2.24, 2.45) is 7.05 Å². The van der Waals surface area contributed by atoms with Crippen LogP contribution in [0.3, 0.4) is 0 Å². The lowest BCUT2D eigenvalue weighted by Gasteiger charge is -2.28. The topological polar surface area (TPSA) is 75.4 Å². The van der Waals surface area contributed by atoms with E-state index in [2.05, 4.69) is 5.10 Å². The molecule has 0 saturated carbocycles. The number of aryl methyl sites for hydroxylation is 2. The van der Waals surface area contributed by atoms with Crippen LogP contribution in [0, 0.1) is 6.92 Å². The molecule has 0 unspecified atom stereocenters. The minimum Gasteiger partial charge on any atom is -0.506 e. The first-order valence-electron chi connectivity index (χ1n) is 6.94. The molecular weight excluding hydrogens is 302 g/mol. The first-order chi connectivity index (χ1) is 10.4. The van der Waals surface area contributed by atoms with Crippen molar-refractivity contribution in [1.82, 2.24) is 9.78 Å². The molecule has 0 fully saturated rings. The average molecular weight is 319 g/mol. The molecule has 0 bridgehead atoms. The van der Waals surface area contributed by atoms with E-state index in [9.17, 15) is 13.5 Å². The molecule has 1 N–H and O–H groups in total. The van der Waals surface area contributed by atoms with Crippen LogP contribution in [0.1, 0.15) is 23.6 Å². The first kappa shape index (κ1) is 14.6. The minimum absolute atomic E-state index is 0.0621. The quantitative estimate of drug-likeness (QED) is 0.921. The minimum atomic E-state index is -3.85. The van der Waals surface area contributed by atoms with Gasteiger partial charge in [0.05, 0.1) is 5.56 Å². The Kier molecular flexibility index (Phi) is 3.25. The number of benzene rings is 1. The van der Waals surface area contributed by atoms with Gasteiger partial charge in [-0.25, -0.2) is 12.7 Å². The Balaban J connectivity index is 2.39. The van der Waals surface area contributed by atoms with Crippen molar-refractivity contribution in [2.75, 3.05) is 10.8 Å². The van der Waals surface area contributed by atoms with Gasteiger partial charge in [-0.15, -0.1) is 0 Å². The van der Waals surface area contributed by atoms with Gasteiger partial charge < -0.3 is 5.11 Å². The van der Waals surface area contributed by atoms with E-state index in [-0.39, 0.29) is 23.0 Å². The van der Waals surface area contributed by atoms with Gasteiger partial charge in [-0.05, 0) is 19.4 Å². The van der Waals surface area contributed by atoms with Crippen LogP contribution in [0.4, 0.5) is 5.82 Å². The number of hydrogen-bond acceptors (Lipinski definition) is 4. The Morgan fingerprint density at radius 2 is 1.91 bits per heavy atom. The highest BCUT2D eigenvalue weighted by Crippen LogP contribution is 2.42. The van der Waals surface area contributed by atoms with Crippen molar-refractivity contribution >= 4 is 26.5 Å². The van der Waals surface area contributed by atoms with E-state index in [0.29, 0.717) is 11.1 Å². The Hall–Kier alpha value is -2.28. The number of aromatic nitrogens is 2. The molecule has 1 aliphatic rings. The van der Waals surface area contributed by atoms with Crippen molar-refractivity contribution in [3.05, 3.63) is 47.2 Å². The van der Waals surface area contributed by atoms with Crippen LogP contribution in [0.25, 0.3) is 10.7 Å². The predicted octanol–water partition coefficient (Wildman–Crippen LogP) is 2.28. The van der Waals surface area contributed by atoms with Gasteiger partial charge in [0.1, 0.15) is 10.7 Å². The third-order valence-corrected chi connectivity index (χ3v) is 5.68. The maximum atomic E-state index is 12.9. The van der Waals surface area contributed by atoms with E-state index in [1.807, 2.05) is 19.1 Å². The molecule has 0 amide bonds. The Morgan fingerprint density at radius 3 is 2.55 bits per heavy atom. The van der Waals surface area contributed by atoms with Crippen LogP contribution >= 0.6 is 0 Å². The Bertz CT molecular complexity index is 881. The molecule has 0 aliphatic carbocycles. The van der Waals surface area contributed by atoms with Crippen LogP contribution in [0.5, 0.6) is 0 Å². The van der Waals surface area contributed by atoms with E-state index in [4.69, 9.17) is 0 Å². The molecule has 7 heteroatoms. The maximum Gasteiger partial charge on any atom is 0.269 e. The van der Waals surface area contributed by atoms with Crippen molar-refractivity contribution in [3.63, 3.8) is 0 Å². The van der Waals surface area contributed by atoms with E-state index in [0.717, 1.165) is 5.56 Å². The molecule has 1 aliphatic heterocycles. The molecule has 22 heavy (non-hydrogen) atoms. The van der Waals surface area contributed by atoms with Gasteiger partial charge in [0.2, 0.25) is 0 Å². The summed E-state index contributed by atoms with van der Waals surface area (Å²) >= 11 is 0. The smallest absolute Gasteiger partial charge is 0.269 e. The molecule has 116 valence electrons. The van der Waals surface area contributed by atoms with E-state index < -0.39 is 10.0 Å². The number of anilines is 1. The molecule has 1 aromatic heterocycles. The standard InChI is InChI=1S/C15H17N3O3S/c1-4-18-15-12(9-17(3)16-15)13(19)14(22(18,20)21)11-8-6-5-7-10(11)2/h5-9,19H,4H2,1-3H3. The summed E-state index contributed by atoms with van der Waals surface area (Å²) in [5.41, 5.74) is 1.72. The lowest BCUT2D eigenvalue weighted by atomic mass is 10.1. The number of aliphatic hydroxyl groups excluding tert-OH is 1. The summed E-state index contributed by atoms with van der Waals surface area (Å²) in [5, 5.41) is 14.8. The average Bonchev–Trinajstić information content (AvgIpc) is 2.82. The SMILES string of the molecule is CCN1c2nn(C)cc2C(O)=C(c2ccccc2C)S1(=O)=O. The number of sulfonamides is 1. The van der Waals surface area contributed by atoms with Gasteiger partial charge in [-0.3, -0.25) is 4.68 Å². The fraction of sp³-hybridized carbons (Fsp3) is 0.267. The van der Waals surface area contributed by atoms with Gasteiger partial charge >= 0.3 is 0 Å². The third-order valence-electron chi connectivity index (χ3n) is 3.74. The highest BCUT2D eigenvalue weighted by atomic mass is 32.2. The Labute approximate surface area is 129 Å². The van der Waals surface area contributed by atoms with Gasteiger partial charge in [-0.1, -0.05) is 24.3 Å².